The highest BCUT2D eigenvalue weighted by molar-refractivity contribution is 5.78. The lowest BCUT2D eigenvalue weighted by Crippen LogP contribution is -2.51. The second-order valence-electron chi connectivity index (χ2n) is 5.94. The van der Waals surface area contributed by atoms with Crippen molar-refractivity contribution in [2.24, 2.45) is 0 Å². The minimum Gasteiger partial charge on any atom is -0.461 e. The Bertz CT molecular complexity index is 494. The lowest BCUT2D eigenvalue weighted by atomic mass is 10.1. The maximum Gasteiger partial charge on any atom is 0.323 e. The quantitative estimate of drug-likeness (QED) is 0.766. The van der Waals surface area contributed by atoms with Gasteiger partial charge in [-0.25, -0.2) is 4.98 Å². The van der Waals surface area contributed by atoms with Crippen LogP contribution >= 0.6 is 0 Å². The first-order chi connectivity index (χ1) is 10.2. The van der Waals surface area contributed by atoms with Gasteiger partial charge in [0.05, 0.1) is 6.54 Å². The number of ether oxygens (including phenoxy) is 1. The Morgan fingerprint density at radius 3 is 2.71 bits per heavy atom. The fourth-order valence-corrected chi connectivity index (χ4v) is 3.25. The molecule has 0 aliphatic carbocycles. The number of carbonyl (C=O) groups excluding carboxylic acids is 1. The van der Waals surface area contributed by atoms with E-state index in [1.807, 2.05) is 19.3 Å². The molecule has 1 aromatic heterocycles. The fraction of sp³-hybridized carbons (Fsp3) is 0.733. The van der Waals surface area contributed by atoms with Crippen LogP contribution in [0.4, 0.5) is 0 Å². The maximum atomic E-state index is 11.8. The van der Waals surface area contributed by atoms with Gasteiger partial charge in [-0.1, -0.05) is 0 Å². The van der Waals surface area contributed by atoms with Crippen molar-refractivity contribution >= 4 is 5.97 Å². The normalized spacial score (nSPS) is 28.0. The number of carbonyl (C=O) groups is 1. The summed E-state index contributed by atoms with van der Waals surface area (Å²) in [4.78, 5) is 20.9. The van der Waals surface area contributed by atoms with Crippen LogP contribution in [0.15, 0.2) is 12.4 Å². The van der Waals surface area contributed by atoms with Gasteiger partial charge in [-0.2, -0.15) is 0 Å². The summed E-state index contributed by atoms with van der Waals surface area (Å²) < 4.78 is 7.44. The zero-order valence-electron chi connectivity index (χ0n) is 12.9. The molecular weight excluding hydrogens is 268 g/mol. The van der Waals surface area contributed by atoms with Crippen LogP contribution in [0.25, 0.3) is 0 Å². The van der Waals surface area contributed by atoms with E-state index in [1.54, 1.807) is 0 Å². The standard InChI is InChI=1S/C15H24N4O2/c1-3-18-5-4-16-14(18)11-17-6-8-19(9-7-17)13-10-12(2)21-15(13)20/h4-5,12-13H,3,6-11H2,1-2H3/t12-,13+/m0/s1. The molecule has 0 aromatic carbocycles. The Morgan fingerprint density at radius 1 is 1.33 bits per heavy atom. The Labute approximate surface area is 125 Å². The SMILES string of the molecule is CCn1ccnc1CN1CCN([C@@H]2C[C@H](C)OC2=O)CC1. The van der Waals surface area contributed by atoms with E-state index in [2.05, 4.69) is 26.3 Å². The first-order valence-electron chi connectivity index (χ1n) is 7.84. The molecule has 0 spiro atoms. The summed E-state index contributed by atoms with van der Waals surface area (Å²) in [6.45, 7) is 9.78. The number of aromatic nitrogens is 2. The molecule has 2 aliphatic heterocycles. The van der Waals surface area contributed by atoms with Crippen LogP contribution in [0, 0.1) is 0 Å². The molecule has 2 saturated heterocycles. The number of hydrogen-bond acceptors (Lipinski definition) is 5. The van der Waals surface area contributed by atoms with Crippen LogP contribution in [0.3, 0.4) is 0 Å². The summed E-state index contributed by atoms with van der Waals surface area (Å²) in [5.74, 6) is 1.08. The summed E-state index contributed by atoms with van der Waals surface area (Å²) >= 11 is 0. The number of nitrogens with zero attached hydrogens (tertiary/aromatic N) is 4. The Morgan fingerprint density at radius 2 is 2.10 bits per heavy atom. The van der Waals surface area contributed by atoms with Gasteiger partial charge in [0.2, 0.25) is 0 Å². The van der Waals surface area contributed by atoms with E-state index >= 15 is 0 Å². The maximum absolute atomic E-state index is 11.8. The Hall–Kier alpha value is -1.40. The van der Waals surface area contributed by atoms with Gasteiger partial charge in [0.15, 0.2) is 0 Å². The fourth-order valence-electron chi connectivity index (χ4n) is 3.25. The van der Waals surface area contributed by atoms with Crippen molar-refractivity contribution in [2.75, 3.05) is 26.2 Å². The summed E-state index contributed by atoms with van der Waals surface area (Å²) in [6.07, 6.45) is 4.79. The van der Waals surface area contributed by atoms with Crippen LogP contribution in [0.5, 0.6) is 0 Å². The Kier molecular flexibility index (Phi) is 4.26. The van der Waals surface area contributed by atoms with E-state index in [4.69, 9.17) is 4.74 Å². The van der Waals surface area contributed by atoms with Gasteiger partial charge in [0.25, 0.3) is 0 Å². The molecule has 3 heterocycles. The lowest BCUT2D eigenvalue weighted by Gasteiger charge is -2.36. The van der Waals surface area contributed by atoms with E-state index in [-0.39, 0.29) is 18.1 Å². The highest BCUT2D eigenvalue weighted by Crippen LogP contribution is 2.21. The van der Waals surface area contributed by atoms with Crippen LogP contribution in [0.2, 0.25) is 0 Å². The highest BCUT2D eigenvalue weighted by Gasteiger charge is 2.37. The topological polar surface area (TPSA) is 50.6 Å². The van der Waals surface area contributed by atoms with Crippen molar-refractivity contribution in [2.45, 2.75) is 45.5 Å². The van der Waals surface area contributed by atoms with Gasteiger partial charge < -0.3 is 9.30 Å². The number of aryl methyl sites for hydroxylation is 1. The average molecular weight is 292 g/mol. The first-order valence-corrected chi connectivity index (χ1v) is 7.84. The van der Waals surface area contributed by atoms with E-state index in [0.717, 1.165) is 51.5 Å². The third-order valence-corrected chi connectivity index (χ3v) is 4.50. The highest BCUT2D eigenvalue weighted by atomic mass is 16.6. The van der Waals surface area contributed by atoms with Crippen molar-refractivity contribution in [1.82, 2.24) is 19.4 Å². The van der Waals surface area contributed by atoms with Gasteiger partial charge in [0, 0.05) is 51.5 Å². The molecule has 116 valence electrons. The molecule has 21 heavy (non-hydrogen) atoms. The van der Waals surface area contributed by atoms with Crippen molar-refractivity contribution in [3.63, 3.8) is 0 Å². The van der Waals surface area contributed by atoms with Crippen LogP contribution < -0.4 is 0 Å². The molecule has 6 nitrogen and oxygen atoms in total. The molecule has 2 aliphatic rings. The van der Waals surface area contributed by atoms with Crippen LogP contribution in [-0.2, 0) is 22.6 Å². The number of imidazole rings is 1. The van der Waals surface area contributed by atoms with Crippen molar-refractivity contribution in [3.8, 4) is 0 Å². The predicted octanol–water partition coefficient (Wildman–Crippen LogP) is 0.725. The molecule has 2 fully saturated rings. The smallest absolute Gasteiger partial charge is 0.323 e. The summed E-state index contributed by atoms with van der Waals surface area (Å²) in [5.41, 5.74) is 0. The summed E-state index contributed by atoms with van der Waals surface area (Å²) in [5, 5.41) is 0. The van der Waals surface area contributed by atoms with Gasteiger partial charge in [0.1, 0.15) is 18.0 Å². The van der Waals surface area contributed by atoms with Crippen molar-refractivity contribution in [1.29, 1.82) is 0 Å². The van der Waals surface area contributed by atoms with Gasteiger partial charge in [-0.3, -0.25) is 14.6 Å². The molecule has 0 N–H and O–H groups in total. The second kappa shape index (κ2) is 6.15. The second-order valence-corrected chi connectivity index (χ2v) is 5.94. The first kappa shape index (κ1) is 14.5. The molecule has 0 unspecified atom stereocenters. The molecular formula is C15H24N4O2. The zero-order valence-corrected chi connectivity index (χ0v) is 12.9. The lowest BCUT2D eigenvalue weighted by molar-refractivity contribution is -0.145. The number of rotatable bonds is 4. The van der Waals surface area contributed by atoms with E-state index in [0.29, 0.717) is 0 Å². The summed E-state index contributed by atoms with van der Waals surface area (Å²) in [7, 11) is 0. The van der Waals surface area contributed by atoms with Crippen molar-refractivity contribution in [3.05, 3.63) is 18.2 Å². The predicted molar refractivity (Wildman–Crippen MR) is 78.7 cm³/mol. The van der Waals surface area contributed by atoms with Gasteiger partial charge >= 0.3 is 5.97 Å². The van der Waals surface area contributed by atoms with E-state index in [9.17, 15) is 4.79 Å². The minimum atomic E-state index is -0.0440. The molecule has 1 aromatic rings. The Balaban J connectivity index is 1.52. The number of esters is 1. The van der Waals surface area contributed by atoms with Crippen LogP contribution in [-0.4, -0.2) is 63.6 Å². The third-order valence-electron chi connectivity index (χ3n) is 4.50. The molecule has 0 amide bonds. The molecule has 0 radical (unpaired) electrons. The van der Waals surface area contributed by atoms with E-state index in [1.165, 1.54) is 0 Å². The largest absolute Gasteiger partial charge is 0.461 e. The van der Waals surface area contributed by atoms with Crippen LogP contribution in [0.1, 0.15) is 26.1 Å². The minimum absolute atomic E-state index is 0.0280. The zero-order chi connectivity index (χ0) is 14.8. The molecule has 3 rings (SSSR count). The van der Waals surface area contributed by atoms with Gasteiger partial charge in [-0.15, -0.1) is 0 Å². The molecule has 2 atom stereocenters. The number of cyclic esters (lactones) is 1. The molecule has 0 saturated carbocycles. The molecule has 0 bridgehead atoms. The van der Waals surface area contributed by atoms with Crippen molar-refractivity contribution < 1.29 is 9.53 Å². The third kappa shape index (κ3) is 3.11. The number of hydrogen-bond donors (Lipinski definition) is 0. The summed E-state index contributed by atoms with van der Waals surface area (Å²) in [6, 6.07) is -0.0280. The van der Waals surface area contributed by atoms with E-state index < -0.39 is 0 Å². The molecule has 6 heteroatoms. The average Bonchev–Trinajstić information content (AvgIpc) is 3.06. The van der Waals surface area contributed by atoms with Gasteiger partial charge in [-0.05, 0) is 13.8 Å². The monoisotopic (exact) mass is 292 g/mol. The number of piperazine rings is 1.